The van der Waals surface area contributed by atoms with Crippen molar-refractivity contribution in [3.8, 4) is 5.75 Å². The molecule has 0 aliphatic carbocycles. The predicted molar refractivity (Wildman–Crippen MR) is 85.2 cm³/mol. The molecule has 6 heteroatoms. The number of hydrogen-bond donors (Lipinski definition) is 1. The molecule has 0 radical (unpaired) electrons. The summed E-state index contributed by atoms with van der Waals surface area (Å²) in [6, 6.07) is 9.63. The average Bonchev–Trinajstić information content (AvgIpc) is 2.47. The van der Waals surface area contributed by atoms with Crippen LogP contribution in [0, 0.1) is 0 Å². The maximum atomic E-state index is 12.4. The van der Waals surface area contributed by atoms with Crippen LogP contribution in [0.4, 0.5) is 0 Å². The van der Waals surface area contributed by atoms with Crippen LogP contribution in [0.3, 0.4) is 0 Å². The molecule has 0 saturated heterocycles. The summed E-state index contributed by atoms with van der Waals surface area (Å²) in [6.45, 7) is 5.63. The molecule has 2 aromatic rings. The third-order valence-corrected chi connectivity index (χ3v) is 4.60. The third-order valence-electron chi connectivity index (χ3n) is 3.04. The van der Waals surface area contributed by atoms with Crippen LogP contribution >= 0.6 is 0 Å². The van der Waals surface area contributed by atoms with Gasteiger partial charge in [0.2, 0.25) is 10.0 Å². The van der Waals surface area contributed by atoms with Gasteiger partial charge < -0.3 is 4.74 Å². The number of benzene rings is 1. The van der Waals surface area contributed by atoms with Gasteiger partial charge in [-0.15, -0.1) is 0 Å². The first-order chi connectivity index (χ1) is 10.4. The summed E-state index contributed by atoms with van der Waals surface area (Å²) >= 11 is 0. The Bertz CT molecular complexity index is 698. The molecule has 0 aliphatic rings. The molecule has 118 valence electrons. The van der Waals surface area contributed by atoms with Gasteiger partial charge in [-0.05, 0) is 62.7 Å². The molecule has 1 atom stereocenters. The Kier molecular flexibility index (Phi) is 5.15. The lowest BCUT2D eigenvalue weighted by molar-refractivity contribution is 0.242. The second-order valence-electron chi connectivity index (χ2n) is 5.26. The van der Waals surface area contributed by atoms with Crippen LogP contribution in [0.1, 0.15) is 32.4 Å². The SMILES string of the molecule is CC(C)Oc1ccc(S(=O)(=O)NC(C)c2ccncc2)cc1. The summed E-state index contributed by atoms with van der Waals surface area (Å²) in [5.74, 6) is 0.649. The van der Waals surface area contributed by atoms with Crippen LogP contribution in [0.25, 0.3) is 0 Å². The van der Waals surface area contributed by atoms with Gasteiger partial charge in [0.25, 0.3) is 0 Å². The zero-order valence-electron chi connectivity index (χ0n) is 12.9. The van der Waals surface area contributed by atoms with Gasteiger partial charge in [0, 0.05) is 18.4 Å². The van der Waals surface area contributed by atoms with Crippen LogP contribution in [-0.4, -0.2) is 19.5 Å². The van der Waals surface area contributed by atoms with Crippen LogP contribution in [0.15, 0.2) is 53.7 Å². The molecule has 0 bridgehead atoms. The predicted octanol–water partition coefficient (Wildman–Crippen LogP) is 2.91. The molecule has 0 spiro atoms. The van der Waals surface area contributed by atoms with Crippen molar-refractivity contribution in [2.75, 3.05) is 0 Å². The zero-order chi connectivity index (χ0) is 16.2. The summed E-state index contributed by atoms with van der Waals surface area (Å²) in [5.41, 5.74) is 0.860. The van der Waals surface area contributed by atoms with E-state index in [0.29, 0.717) is 5.75 Å². The van der Waals surface area contributed by atoms with E-state index >= 15 is 0 Å². The highest BCUT2D eigenvalue weighted by Crippen LogP contribution is 2.19. The van der Waals surface area contributed by atoms with E-state index in [-0.39, 0.29) is 17.0 Å². The van der Waals surface area contributed by atoms with Crippen molar-refractivity contribution >= 4 is 10.0 Å². The highest BCUT2D eigenvalue weighted by molar-refractivity contribution is 7.89. The summed E-state index contributed by atoms with van der Waals surface area (Å²) in [5, 5.41) is 0. The molecule has 1 aromatic heterocycles. The average molecular weight is 320 g/mol. The Morgan fingerprint density at radius 1 is 1.00 bits per heavy atom. The van der Waals surface area contributed by atoms with E-state index in [2.05, 4.69) is 9.71 Å². The second-order valence-corrected chi connectivity index (χ2v) is 6.98. The van der Waals surface area contributed by atoms with Gasteiger partial charge in [0.15, 0.2) is 0 Å². The number of pyridine rings is 1. The van der Waals surface area contributed by atoms with Crippen molar-refractivity contribution < 1.29 is 13.2 Å². The van der Waals surface area contributed by atoms with Crippen molar-refractivity contribution in [1.82, 2.24) is 9.71 Å². The highest BCUT2D eigenvalue weighted by atomic mass is 32.2. The maximum Gasteiger partial charge on any atom is 0.241 e. The van der Waals surface area contributed by atoms with E-state index in [1.165, 1.54) is 0 Å². The molecule has 2 rings (SSSR count). The molecular weight excluding hydrogens is 300 g/mol. The number of hydrogen-bond acceptors (Lipinski definition) is 4. The first-order valence-corrected chi connectivity index (χ1v) is 8.56. The van der Waals surface area contributed by atoms with E-state index in [4.69, 9.17) is 4.74 Å². The zero-order valence-corrected chi connectivity index (χ0v) is 13.7. The molecule has 0 fully saturated rings. The smallest absolute Gasteiger partial charge is 0.241 e. The van der Waals surface area contributed by atoms with E-state index in [0.717, 1.165) is 5.56 Å². The summed E-state index contributed by atoms with van der Waals surface area (Å²) in [6.07, 6.45) is 3.32. The molecule has 5 nitrogen and oxygen atoms in total. The van der Waals surface area contributed by atoms with E-state index < -0.39 is 10.0 Å². The molecule has 1 heterocycles. The Labute approximate surface area is 131 Å². The molecule has 22 heavy (non-hydrogen) atoms. The number of nitrogens with zero attached hydrogens (tertiary/aromatic N) is 1. The number of nitrogens with one attached hydrogen (secondary N) is 1. The molecular formula is C16H20N2O3S. The largest absolute Gasteiger partial charge is 0.491 e. The highest BCUT2D eigenvalue weighted by Gasteiger charge is 2.18. The molecule has 0 saturated carbocycles. The second kappa shape index (κ2) is 6.89. The van der Waals surface area contributed by atoms with Crippen LogP contribution in [0.5, 0.6) is 5.75 Å². The minimum Gasteiger partial charge on any atom is -0.491 e. The van der Waals surface area contributed by atoms with Gasteiger partial charge in [0.1, 0.15) is 5.75 Å². The first-order valence-electron chi connectivity index (χ1n) is 7.07. The third kappa shape index (κ3) is 4.29. The summed E-state index contributed by atoms with van der Waals surface area (Å²) in [4.78, 5) is 4.14. The fraction of sp³-hybridized carbons (Fsp3) is 0.312. The lowest BCUT2D eigenvalue weighted by Gasteiger charge is -2.15. The standard InChI is InChI=1S/C16H20N2O3S/c1-12(2)21-15-4-6-16(7-5-15)22(19,20)18-13(3)14-8-10-17-11-9-14/h4-13,18H,1-3H3. The van der Waals surface area contributed by atoms with Crippen LogP contribution in [-0.2, 0) is 10.0 Å². The number of ether oxygens (including phenoxy) is 1. The number of rotatable bonds is 6. The van der Waals surface area contributed by atoms with Crippen LogP contribution < -0.4 is 9.46 Å². The Morgan fingerprint density at radius 3 is 2.14 bits per heavy atom. The Balaban J connectivity index is 2.13. The normalized spacial score (nSPS) is 13.1. The van der Waals surface area contributed by atoms with Crippen LogP contribution in [0.2, 0.25) is 0 Å². The Hall–Kier alpha value is -1.92. The van der Waals surface area contributed by atoms with Gasteiger partial charge in [-0.1, -0.05) is 0 Å². The molecule has 0 aliphatic heterocycles. The fourth-order valence-electron chi connectivity index (χ4n) is 1.99. The van der Waals surface area contributed by atoms with Gasteiger partial charge in [0.05, 0.1) is 11.0 Å². The fourth-order valence-corrected chi connectivity index (χ4v) is 3.22. The van der Waals surface area contributed by atoms with Gasteiger partial charge >= 0.3 is 0 Å². The lowest BCUT2D eigenvalue weighted by atomic mass is 10.1. The summed E-state index contributed by atoms with van der Waals surface area (Å²) in [7, 11) is -3.58. The lowest BCUT2D eigenvalue weighted by Crippen LogP contribution is -2.26. The molecule has 1 N–H and O–H groups in total. The topological polar surface area (TPSA) is 68.3 Å². The molecule has 1 aromatic carbocycles. The van der Waals surface area contributed by atoms with E-state index in [9.17, 15) is 8.42 Å². The quantitative estimate of drug-likeness (QED) is 0.888. The van der Waals surface area contributed by atoms with E-state index in [1.807, 2.05) is 13.8 Å². The van der Waals surface area contributed by atoms with Crippen molar-refractivity contribution in [3.05, 3.63) is 54.4 Å². The van der Waals surface area contributed by atoms with Crippen molar-refractivity contribution in [3.63, 3.8) is 0 Å². The van der Waals surface area contributed by atoms with E-state index in [1.54, 1.807) is 55.7 Å². The first kappa shape index (κ1) is 16.5. The van der Waals surface area contributed by atoms with Crippen molar-refractivity contribution in [2.45, 2.75) is 37.8 Å². The van der Waals surface area contributed by atoms with Crippen molar-refractivity contribution in [1.29, 1.82) is 0 Å². The van der Waals surface area contributed by atoms with Crippen molar-refractivity contribution in [2.24, 2.45) is 0 Å². The summed E-state index contributed by atoms with van der Waals surface area (Å²) < 4.78 is 32.9. The molecule has 1 unspecified atom stereocenters. The Morgan fingerprint density at radius 2 is 1.59 bits per heavy atom. The number of aromatic nitrogens is 1. The molecule has 0 amide bonds. The van der Waals surface area contributed by atoms with Gasteiger partial charge in [-0.3, -0.25) is 4.98 Å². The number of sulfonamides is 1. The van der Waals surface area contributed by atoms with Gasteiger partial charge in [-0.25, -0.2) is 13.1 Å². The monoisotopic (exact) mass is 320 g/mol. The van der Waals surface area contributed by atoms with Gasteiger partial charge in [-0.2, -0.15) is 0 Å². The minimum absolute atomic E-state index is 0.0484. The minimum atomic E-state index is -3.58. The maximum absolute atomic E-state index is 12.4.